The van der Waals surface area contributed by atoms with Crippen LogP contribution in [-0.2, 0) is 21.4 Å². The molecule has 5 nitrogen and oxygen atoms in total. The van der Waals surface area contributed by atoms with Crippen LogP contribution in [0.1, 0.15) is 36.8 Å². The number of piperidine rings is 1. The molecule has 0 radical (unpaired) electrons. The summed E-state index contributed by atoms with van der Waals surface area (Å²) in [6, 6.07) is 16.7. The molecule has 1 N–H and O–H groups in total. The number of hydrogen-bond donors (Lipinski definition) is 1. The van der Waals surface area contributed by atoms with Crippen LogP contribution < -0.4 is 5.32 Å². The number of amides is 1. The summed E-state index contributed by atoms with van der Waals surface area (Å²) in [6.45, 7) is 3.63. The number of aryl methyl sites for hydroxylation is 1. The molecule has 1 aliphatic heterocycles. The monoisotopic (exact) mass is 400 g/mol. The summed E-state index contributed by atoms with van der Waals surface area (Å²) in [5, 5.41) is 2.98. The maximum atomic E-state index is 12.7. The van der Waals surface area contributed by atoms with Crippen LogP contribution >= 0.6 is 0 Å². The van der Waals surface area contributed by atoms with Gasteiger partial charge in [-0.3, -0.25) is 4.79 Å². The lowest BCUT2D eigenvalue weighted by atomic mass is 9.93. The Kier molecular flexibility index (Phi) is 6.86. The molecular weight excluding hydrogens is 372 g/mol. The van der Waals surface area contributed by atoms with Crippen molar-refractivity contribution in [3.8, 4) is 0 Å². The molecule has 2 aromatic carbocycles. The van der Waals surface area contributed by atoms with E-state index in [2.05, 4.69) is 11.4 Å². The highest BCUT2D eigenvalue weighted by atomic mass is 32.2. The number of rotatable bonds is 7. The Balaban J connectivity index is 1.41. The van der Waals surface area contributed by atoms with E-state index in [9.17, 15) is 13.2 Å². The second-order valence-electron chi connectivity index (χ2n) is 7.46. The molecule has 1 fully saturated rings. The second-order valence-corrected chi connectivity index (χ2v) is 9.40. The van der Waals surface area contributed by atoms with E-state index >= 15 is 0 Å². The molecule has 3 rings (SSSR count). The summed E-state index contributed by atoms with van der Waals surface area (Å²) in [6.07, 6.45) is 2.90. The summed E-state index contributed by atoms with van der Waals surface area (Å²) in [5.41, 5.74) is 2.29. The third-order valence-electron chi connectivity index (χ3n) is 5.31. The van der Waals surface area contributed by atoms with Crippen molar-refractivity contribution in [1.82, 2.24) is 9.62 Å². The average molecular weight is 401 g/mol. The van der Waals surface area contributed by atoms with Gasteiger partial charge in [-0.25, -0.2) is 8.42 Å². The lowest BCUT2D eigenvalue weighted by molar-refractivity contribution is -0.121. The van der Waals surface area contributed by atoms with E-state index < -0.39 is 10.0 Å². The Bertz CT molecular complexity index is 889. The van der Waals surface area contributed by atoms with E-state index in [0.717, 1.165) is 24.8 Å². The van der Waals surface area contributed by atoms with Gasteiger partial charge < -0.3 is 5.32 Å². The quantitative estimate of drug-likeness (QED) is 0.774. The highest BCUT2D eigenvalue weighted by Gasteiger charge is 2.29. The Morgan fingerprint density at radius 3 is 2.46 bits per heavy atom. The van der Waals surface area contributed by atoms with Crippen LogP contribution in [0, 0.1) is 12.8 Å². The highest BCUT2D eigenvalue weighted by molar-refractivity contribution is 7.89. The van der Waals surface area contributed by atoms with Gasteiger partial charge >= 0.3 is 0 Å². The fraction of sp³-hybridized carbons (Fsp3) is 0.409. The van der Waals surface area contributed by atoms with Gasteiger partial charge in [0, 0.05) is 26.1 Å². The largest absolute Gasteiger partial charge is 0.352 e. The molecule has 0 bridgehead atoms. The van der Waals surface area contributed by atoms with Crippen molar-refractivity contribution >= 4 is 15.9 Å². The average Bonchev–Trinajstić information content (AvgIpc) is 2.72. The van der Waals surface area contributed by atoms with E-state index in [1.807, 2.05) is 31.2 Å². The zero-order valence-corrected chi connectivity index (χ0v) is 17.1. The van der Waals surface area contributed by atoms with E-state index in [1.54, 1.807) is 28.6 Å². The van der Waals surface area contributed by atoms with E-state index in [1.165, 1.54) is 5.56 Å². The fourth-order valence-corrected chi connectivity index (χ4v) is 5.12. The Morgan fingerprint density at radius 1 is 1.07 bits per heavy atom. The van der Waals surface area contributed by atoms with Gasteiger partial charge in [-0.15, -0.1) is 0 Å². The van der Waals surface area contributed by atoms with Gasteiger partial charge in [-0.2, -0.15) is 4.31 Å². The summed E-state index contributed by atoms with van der Waals surface area (Å²) in [5.74, 6) is 0.452. The molecule has 28 heavy (non-hydrogen) atoms. The molecule has 0 aromatic heterocycles. The summed E-state index contributed by atoms with van der Waals surface area (Å²) in [4.78, 5) is 12.5. The minimum Gasteiger partial charge on any atom is -0.352 e. The van der Waals surface area contributed by atoms with Crippen LogP contribution in [-0.4, -0.2) is 31.7 Å². The first kappa shape index (κ1) is 20.6. The topological polar surface area (TPSA) is 66.5 Å². The lowest BCUT2D eigenvalue weighted by Crippen LogP contribution is -2.38. The molecule has 1 saturated heterocycles. The first-order chi connectivity index (χ1) is 13.4. The zero-order valence-electron chi connectivity index (χ0n) is 16.3. The maximum Gasteiger partial charge on any atom is 0.243 e. The molecule has 2 aromatic rings. The van der Waals surface area contributed by atoms with Crippen molar-refractivity contribution in [2.45, 2.75) is 44.0 Å². The number of sulfonamides is 1. The van der Waals surface area contributed by atoms with Crippen molar-refractivity contribution in [2.24, 2.45) is 5.92 Å². The molecule has 1 heterocycles. The van der Waals surface area contributed by atoms with Gasteiger partial charge in [0.15, 0.2) is 0 Å². The molecule has 0 spiro atoms. The standard InChI is InChI=1S/C22H28N2O3S/c1-18-6-5-7-20(16-18)17-23-22(25)11-10-19-12-14-24(15-13-19)28(26,27)21-8-3-2-4-9-21/h2-9,16,19H,10-15,17H2,1H3,(H,23,25). The normalized spacial score (nSPS) is 16.0. The summed E-state index contributed by atoms with van der Waals surface area (Å²) in [7, 11) is -3.41. The SMILES string of the molecule is Cc1cccc(CNC(=O)CCC2CCN(S(=O)(=O)c3ccccc3)CC2)c1. The van der Waals surface area contributed by atoms with Gasteiger partial charge in [0.1, 0.15) is 0 Å². The van der Waals surface area contributed by atoms with Gasteiger partial charge in [0.05, 0.1) is 4.90 Å². The maximum absolute atomic E-state index is 12.7. The van der Waals surface area contributed by atoms with Crippen molar-refractivity contribution in [1.29, 1.82) is 0 Å². The minimum atomic E-state index is -3.41. The Labute approximate surface area is 167 Å². The number of carbonyl (C=O) groups excluding carboxylic acids is 1. The number of nitrogens with zero attached hydrogens (tertiary/aromatic N) is 1. The zero-order chi connectivity index (χ0) is 20.0. The third-order valence-corrected chi connectivity index (χ3v) is 7.22. The molecule has 0 atom stereocenters. The summed E-state index contributed by atoms with van der Waals surface area (Å²) < 4.78 is 26.9. The molecular formula is C22H28N2O3S. The first-order valence-electron chi connectivity index (χ1n) is 9.82. The number of hydrogen-bond acceptors (Lipinski definition) is 3. The van der Waals surface area contributed by atoms with Gasteiger partial charge in [0.25, 0.3) is 0 Å². The van der Waals surface area contributed by atoms with Crippen molar-refractivity contribution in [3.05, 3.63) is 65.7 Å². The van der Waals surface area contributed by atoms with Crippen LogP contribution in [0.2, 0.25) is 0 Å². The van der Waals surface area contributed by atoms with Gasteiger partial charge in [-0.1, -0.05) is 48.0 Å². The van der Waals surface area contributed by atoms with Gasteiger partial charge in [-0.05, 0) is 49.8 Å². The third kappa shape index (κ3) is 5.42. The van der Waals surface area contributed by atoms with E-state index in [0.29, 0.717) is 36.9 Å². The molecule has 0 aliphatic carbocycles. The van der Waals surface area contributed by atoms with Crippen molar-refractivity contribution < 1.29 is 13.2 Å². The van der Waals surface area contributed by atoms with Crippen LogP contribution in [0.25, 0.3) is 0 Å². The highest BCUT2D eigenvalue weighted by Crippen LogP contribution is 2.26. The number of nitrogens with one attached hydrogen (secondary N) is 1. The minimum absolute atomic E-state index is 0.0563. The van der Waals surface area contributed by atoms with Crippen molar-refractivity contribution in [3.63, 3.8) is 0 Å². The van der Waals surface area contributed by atoms with Crippen LogP contribution in [0.5, 0.6) is 0 Å². The van der Waals surface area contributed by atoms with Crippen LogP contribution in [0.4, 0.5) is 0 Å². The van der Waals surface area contributed by atoms with E-state index in [-0.39, 0.29) is 5.91 Å². The van der Waals surface area contributed by atoms with Crippen molar-refractivity contribution in [2.75, 3.05) is 13.1 Å². The molecule has 0 unspecified atom stereocenters. The Morgan fingerprint density at radius 2 is 1.79 bits per heavy atom. The predicted molar refractivity (Wildman–Crippen MR) is 110 cm³/mol. The molecule has 0 saturated carbocycles. The molecule has 150 valence electrons. The smallest absolute Gasteiger partial charge is 0.243 e. The molecule has 1 amide bonds. The molecule has 1 aliphatic rings. The van der Waals surface area contributed by atoms with E-state index in [4.69, 9.17) is 0 Å². The lowest BCUT2D eigenvalue weighted by Gasteiger charge is -2.31. The van der Waals surface area contributed by atoms with Crippen LogP contribution in [0.3, 0.4) is 0 Å². The van der Waals surface area contributed by atoms with Gasteiger partial charge in [0.2, 0.25) is 15.9 Å². The van der Waals surface area contributed by atoms with Crippen LogP contribution in [0.15, 0.2) is 59.5 Å². The first-order valence-corrected chi connectivity index (χ1v) is 11.3. The fourth-order valence-electron chi connectivity index (χ4n) is 3.63. The number of benzene rings is 2. The molecule has 6 heteroatoms. The second kappa shape index (κ2) is 9.34. The summed E-state index contributed by atoms with van der Waals surface area (Å²) >= 11 is 0. The Hall–Kier alpha value is -2.18. The number of carbonyl (C=O) groups is 1. The predicted octanol–water partition coefficient (Wildman–Crippen LogP) is 3.49.